The standard InChI is InChI=1S/C29H27ClFN3O3/c1-20-27(19-33(18-26-11-6-16-36-26)28(35)21-7-3-2-4-8-21)29(37-25-10-5-9-23(31)17-25)34(32-20)24-14-12-22(30)13-15-24/h2-5,7-10,12-15,17,26H,6,11,16,18-19H2,1H3/t26-/m0/s1. The highest BCUT2D eigenvalue weighted by atomic mass is 35.5. The molecule has 0 unspecified atom stereocenters. The van der Waals surface area contributed by atoms with Crippen LogP contribution in [0.15, 0.2) is 78.9 Å². The Kier molecular flexibility index (Phi) is 7.53. The van der Waals surface area contributed by atoms with Crippen LogP contribution in [0.1, 0.15) is 34.5 Å². The summed E-state index contributed by atoms with van der Waals surface area (Å²) >= 11 is 6.11. The molecule has 8 heteroatoms. The average Bonchev–Trinajstić information content (AvgIpc) is 3.52. The van der Waals surface area contributed by atoms with E-state index in [9.17, 15) is 9.18 Å². The van der Waals surface area contributed by atoms with Crippen LogP contribution in [0.25, 0.3) is 5.69 Å². The molecule has 2 heterocycles. The Hall–Kier alpha value is -3.68. The first kappa shape index (κ1) is 25.0. The van der Waals surface area contributed by atoms with E-state index in [1.54, 1.807) is 46.0 Å². The first-order chi connectivity index (χ1) is 18.0. The van der Waals surface area contributed by atoms with E-state index >= 15 is 0 Å². The molecule has 0 radical (unpaired) electrons. The van der Waals surface area contributed by atoms with Crippen molar-refractivity contribution in [1.29, 1.82) is 0 Å². The molecule has 5 rings (SSSR count). The Morgan fingerprint density at radius 3 is 2.62 bits per heavy atom. The van der Waals surface area contributed by atoms with Crippen LogP contribution < -0.4 is 4.74 Å². The van der Waals surface area contributed by atoms with Crippen LogP contribution in [0.5, 0.6) is 11.6 Å². The normalized spacial score (nSPS) is 15.1. The Morgan fingerprint density at radius 1 is 1.14 bits per heavy atom. The first-order valence-electron chi connectivity index (χ1n) is 12.2. The van der Waals surface area contributed by atoms with Gasteiger partial charge in [-0.2, -0.15) is 5.10 Å². The van der Waals surface area contributed by atoms with Crippen molar-refractivity contribution in [3.05, 3.63) is 107 Å². The predicted octanol–water partition coefficient (Wildman–Crippen LogP) is 6.59. The number of carbonyl (C=O) groups is 1. The van der Waals surface area contributed by atoms with Gasteiger partial charge in [0.1, 0.15) is 11.6 Å². The molecule has 190 valence electrons. The average molecular weight is 520 g/mol. The molecule has 37 heavy (non-hydrogen) atoms. The van der Waals surface area contributed by atoms with Crippen molar-refractivity contribution < 1.29 is 18.7 Å². The fourth-order valence-corrected chi connectivity index (χ4v) is 4.56. The minimum absolute atomic E-state index is 0.0353. The van der Waals surface area contributed by atoms with Crippen molar-refractivity contribution in [2.45, 2.75) is 32.4 Å². The highest BCUT2D eigenvalue weighted by Gasteiger charge is 2.28. The molecule has 3 aromatic carbocycles. The topological polar surface area (TPSA) is 56.6 Å². The summed E-state index contributed by atoms with van der Waals surface area (Å²) in [5.41, 5.74) is 2.74. The summed E-state index contributed by atoms with van der Waals surface area (Å²) in [5.74, 6) is 0.221. The van der Waals surface area contributed by atoms with E-state index in [2.05, 4.69) is 0 Å². The van der Waals surface area contributed by atoms with Gasteiger partial charge in [-0.25, -0.2) is 9.07 Å². The first-order valence-corrected chi connectivity index (χ1v) is 12.6. The van der Waals surface area contributed by atoms with E-state index in [1.165, 1.54) is 12.1 Å². The molecule has 0 spiro atoms. The van der Waals surface area contributed by atoms with E-state index < -0.39 is 5.82 Å². The van der Waals surface area contributed by atoms with Gasteiger partial charge in [-0.05, 0) is 68.3 Å². The molecule has 0 saturated carbocycles. The summed E-state index contributed by atoms with van der Waals surface area (Å²) in [4.78, 5) is 15.4. The second-order valence-corrected chi connectivity index (χ2v) is 9.44. The van der Waals surface area contributed by atoms with Gasteiger partial charge < -0.3 is 14.4 Å². The van der Waals surface area contributed by atoms with E-state index in [4.69, 9.17) is 26.2 Å². The smallest absolute Gasteiger partial charge is 0.254 e. The summed E-state index contributed by atoms with van der Waals surface area (Å²) in [6.45, 7) is 3.26. The summed E-state index contributed by atoms with van der Waals surface area (Å²) < 4.78 is 27.8. The van der Waals surface area contributed by atoms with Crippen LogP contribution >= 0.6 is 11.6 Å². The minimum atomic E-state index is -0.410. The van der Waals surface area contributed by atoms with Crippen LogP contribution in [0.2, 0.25) is 5.02 Å². The lowest BCUT2D eigenvalue weighted by molar-refractivity contribution is 0.0505. The third kappa shape index (κ3) is 5.84. The van der Waals surface area contributed by atoms with Gasteiger partial charge >= 0.3 is 0 Å². The molecule has 1 aromatic heterocycles. The fourth-order valence-electron chi connectivity index (χ4n) is 4.43. The largest absolute Gasteiger partial charge is 0.438 e. The zero-order valence-corrected chi connectivity index (χ0v) is 21.2. The molecule has 4 aromatic rings. The number of hydrogen-bond acceptors (Lipinski definition) is 4. The van der Waals surface area contributed by atoms with E-state index in [0.717, 1.165) is 24.1 Å². The summed E-state index contributed by atoms with van der Waals surface area (Å²) in [6, 6.07) is 22.3. The molecule has 1 saturated heterocycles. The maximum atomic E-state index is 14.0. The third-order valence-electron chi connectivity index (χ3n) is 6.32. The Morgan fingerprint density at radius 2 is 1.92 bits per heavy atom. The number of hydrogen-bond donors (Lipinski definition) is 0. The van der Waals surface area contributed by atoms with Gasteiger partial charge in [0, 0.05) is 29.8 Å². The van der Waals surface area contributed by atoms with Gasteiger partial charge in [0.25, 0.3) is 5.91 Å². The lowest BCUT2D eigenvalue weighted by Gasteiger charge is -2.26. The zero-order chi connectivity index (χ0) is 25.8. The van der Waals surface area contributed by atoms with E-state index in [1.807, 2.05) is 37.3 Å². The van der Waals surface area contributed by atoms with Crippen molar-refractivity contribution in [3.63, 3.8) is 0 Å². The van der Waals surface area contributed by atoms with Crippen molar-refractivity contribution in [2.24, 2.45) is 0 Å². The van der Waals surface area contributed by atoms with Crippen LogP contribution in [0.4, 0.5) is 4.39 Å². The number of rotatable bonds is 8. The molecule has 1 amide bonds. The minimum Gasteiger partial charge on any atom is -0.438 e. The second kappa shape index (κ2) is 11.2. The number of aromatic nitrogens is 2. The van der Waals surface area contributed by atoms with Crippen LogP contribution in [0, 0.1) is 12.7 Å². The van der Waals surface area contributed by atoms with Crippen LogP contribution in [0.3, 0.4) is 0 Å². The quantitative estimate of drug-likeness (QED) is 0.263. The van der Waals surface area contributed by atoms with Gasteiger partial charge in [0.05, 0.1) is 29.6 Å². The molecule has 1 fully saturated rings. The third-order valence-corrected chi connectivity index (χ3v) is 6.58. The molecule has 0 bridgehead atoms. The number of benzene rings is 3. The maximum Gasteiger partial charge on any atom is 0.254 e. The number of amides is 1. The second-order valence-electron chi connectivity index (χ2n) is 9.00. The number of halogens is 2. The van der Waals surface area contributed by atoms with Gasteiger partial charge in [-0.1, -0.05) is 35.9 Å². The number of aryl methyl sites for hydroxylation is 1. The summed E-state index contributed by atoms with van der Waals surface area (Å²) in [6.07, 6.45) is 1.83. The Balaban J connectivity index is 1.55. The SMILES string of the molecule is Cc1nn(-c2ccc(Cl)cc2)c(Oc2cccc(F)c2)c1CN(C[C@@H]1CCCO1)C(=O)c1ccccc1. The van der Waals surface area contributed by atoms with Crippen molar-refractivity contribution in [1.82, 2.24) is 14.7 Å². The number of carbonyl (C=O) groups excluding carboxylic acids is 1. The highest BCUT2D eigenvalue weighted by molar-refractivity contribution is 6.30. The summed E-state index contributed by atoms with van der Waals surface area (Å²) in [7, 11) is 0. The molecular formula is C29H27ClFN3O3. The molecule has 1 aliphatic rings. The summed E-state index contributed by atoms with van der Waals surface area (Å²) in [5, 5.41) is 5.33. The molecule has 1 aliphatic heterocycles. The highest BCUT2D eigenvalue weighted by Crippen LogP contribution is 2.33. The van der Waals surface area contributed by atoms with Gasteiger partial charge in [-0.15, -0.1) is 0 Å². The van der Waals surface area contributed by atoms with Gasteiger partial charge in [0.15, 0.2) is 0 Å². The van der Waals surface area contributed by atoms with E-state index in [-0.39, 0.29) is 18.6 Å². The van der Waals surface area contributed by atoms with Crippen molar-refractivity contribution in [3.8, 4) is 17.3 Å². The molecule has 1 atom stereocenters. The number of ether oxygens (including phenoxy) is 2. The molecule has 6 nitrogen and oxygen atoms in total. The van der Waals surface area contributed by atoms with E-state index in [0.29, 0.717) is 41.1 Å². The Bertz CT molecular complexity index is 1370. The molecule has 0 N–H and O–H groups in total. The maximum absolute atomic E-state index is 14.0. The number of nitrogens with zero attached hydrogens (tertiary/aromatic N) is 3. The molecular weight excluding hydrogens is 493 g/mol. The van der Waals surface area contributed by atoms with Crippen LogP contribution in [-0.2, 0) is 11.3 Å². The van der Waals surface area contributed by atoms with Gasteiger partial charge in [0.2, 0.25) is 5.88 Å². The predicted molar refractivity (Wildman–Crippen MR) is 140 cm³/mol. The lowest BCUT2D eigenvalue weighted by atomic mass is 10.1. The van der Waals surface area contributed by atoms with Crippen molar-refractivity contribution in [2.75, 3.05) is 13.2 Å². The lowest BCUT2D eigenvalue weighted by Crippen LogP contribution is -2.37. The van der Waals surface area contributed by atoms with Crippen molar-refractivity contribution >= 4 is 17.5 Å². The fraction of sp³-hybridized carbons (Fsp3) is 0.241. The monoisotopic (exact) mass is 519 g/mol. The van der Waals surface area contributed by atoms with Gasteiger partial charge in [-0.3, -0.25) is 4.79 Å². The Labute approximate surface area is 220 Å². The molecule has 0 aliphatic carbocycles. The zero-order valence-electron chi connectivity index (χ0n) is 20.4. The van der Waals surface area contributed by atoms with Crippen LogP contribution in [-0.4, -0.2) is 39.8 Å².